The fourth-order valence-electron chi connectivity index (χ4n) is 1.68. The molecule has 1 aromatic carbocycles. The SMILES string of the molecule is CC(c1ccccc1F)N(C)c1ncc(I)cn1. The zero-order valence-electron chi connectivity index (χ0n) is 10.1. The molecule has 1 aromatic heterocycles. The zero-order chi connectivity index (χ0) is 13.1. The van der Waals surface area contributed by atoms with Crippen LogP contribution in [0.15, 0.2) is 36.7 Å². The highest BCUT2D eigenvalue weighted by atomic mass is 127. The molecule has 1 heterocycles. The van der Waals surface area contributed by atoms with Crippen molar-refractivity contribution in [2.24, 2.45) is 0 Å². The molecule has 0 saturated heterocycles. The van der Waals surface area contributed by atoms with Crippen LogP contribution in [-0.4, -0.2) is 17.0 Å². The van der Waals surface area contributed by atoms with Crippen molar-refractivity contribution in [2.75, 3.05) is 11.9 Å². The smallest absolute Gasteiger partial charge is 0.225 e. The number of anilines is 1. The Labute approximate surface area is 119 Å². The van der Waals surface area contributed by atoms with E-state index in [0.29, 0.717) is 11.5 Å². The van der Waals surface area contributed by atoms with Crippen molar-refractivity contribution >= 4 is 28.5 Å². The Kier molecular flexibility index (Phi) is 4.11. The molecule has 18 heavy (non-hydrogen) atoms. The normalized spacial score (nSPS) is 12.2. The Balaban J connectivity index is 2.26. The minimum Gasteiger partial charge on any atom is -0.337 e. The number of nitrogens with zero attached hydrogens (tertiary/aromatic N) is 3. The first-order valence-corrected chi connectivity index (χ1v) is 6.62. The molecule has 0 amide bonds. The van der Waals surface area contributed by atoms with Crippen LogP contribution in [-0.2, 0) is 0 Å². The van der Waals surface area contributed by atoms with Gasteiger partial charge in [0.1, 0.15) is 5.82 Å². The van der Waals surface area contributed by atoms with Crippen LogP contribution >= 0.6 is 22.6 Å². The lowest BCUT2D eigenvalue weighted by Crippen LogP contribution is -2.24. The van der Waals surface area contributed by atoms with Gasteiger partial charge in [-0.1, -0.05) is 18.2 Å². The second-order valence-electron chi connectivity index (χ2n) is 4.01. The van der Waals surface area contributed by atoms with E-state index in [1.54, 1.807) is 24.5 Å². The Morgan fingerprint density at radius 1 is 1.22 bits per heavy atom. The standard InChI is InChI=1S/C13H13FIN3/c1-9(11-5-3-4-6-12(11)14)18(2)13-16-7-10(15)8-17-13/h3-9H,1-2H3. The van der Waals surface area contributed by atoms with Gasteiger partial charge in [0.2, 0.25) is 5.95 Å². The lowest BCUT2D eigenvalue weighted by molar-refractivity contribution is 0.582. The molecule has 0 bridgehead atoms. The van der Waals surface area contributed by atoms with Crippen molar-refractivity contribution in [1.29, 1.82) is 0 Å². The Bertz CT molecular complexity index is 530. The molecule has 94 valence electrons. The van der Waals surface area contributed by atoms with Crippen molar-refractivity contribution in [3.63, 3.8) is 0 Å². The lowest BCUT2D eigenvalue weighted by atomic mass is 10.1. The van der Waals surface area contributed by atoms with Crippen LogP contribution in [0.25, 0.3) is 0 Å². The van der Waals surface area contributed by atoms with Gasteiger partial charge in [-0.25, -0.2) is 14.4 Å². The van der Waals surface area contributed by atoms with E-state index in [0.717, 1.165) is 3.57 Å². The van der Waals surface area contributed by atoms with Crippen LogP contribution in [0, 0.1) is 9.39 Å². The molecule has 0 N–H and O–H groups in total. The van der Waals surface area contributed by atoms with Crippen LogP contribution in [0.2, 0.25) is 0 Å². The summed E-state index contributed by atoms with van der Waals surface area (Å²) in [7, 11) is 1.86. The van der Waals surface area contributed by atoms with E-state index in [-0.39, 0.29) is 11.9 Å². The molecule has 3 nitrogen and oxygen atoms in total. The molecule has 0 saturated carbocycles. The molecule has 0 aliphatic heterocycles. The van der Waals surface area contributed by atoms with E-state index in [1.807, 2.05) is 24.9 Å². The molecule has 0 spiro atoms. The summed E-state index contributed by atoms with van der Waals surface area (Å²) in [6.07, 6.45) is 3.49. The summed E-state index contributed by atoms with van der Waals surface area (Å²) in [6.45, 7) is 1.93. The van der Waals surface area contributed by atoms with Crippen LogP contribution in [0.4, 0.5) is 10.3 Å². The molecule has 0 fully saturated rings. The molecular weight excluding hydrogens is 344 g/mol. The van der Waals surface area contributed by atoms with Crippen LogP contribution in [0.1, 0.15) is 18.5 Å². The molecule has 5 heteroatoms. The largest absolute Gasteiger partial charge is 0.337 e. The minimum absolute atomic E-state index is 0.119. The maximum absolute atomic E-state index is 13.7. The monoisotopic (exact) mass is 357 g/mol. The third-order valence-electron chi connectivity index (χ3n) is 2.86. The van der Waals surface area contributed by atoms with E-state index in [4.69, 9.17) is 0 Å². The predicted octanol–water partition coefficient (Wildman–Crippen LogP) is 3.42. The van der Waals surface area contributed by atoms with Gasteiger partial charge >= 0.3 is 0 Å². The van der Waals surface area contributed by atoms with Gasteiger partial charge in [-0.3, -0.25) is 0 Å². The number of hydrogen-bond acceptors (Lipinski definition) is 3. The van der Waals surface area contributed by atoms with Gasteiger partial charge in [-0.15, -0.1) is 0 Å². The summed E-state index contributed by atoms with van der Waals surface area (Å²) < 4.78 is 14.7. The quantitative estimate of drug-likeness (QED) is 0.789. The van der Waals surface area contributed by atoms with Crippen molar-refractivity contribution in [2.45, 2.75) is 13.0 Å². The lowest BCUT2D eigenvalue weighted by Gasteiger charge is -2.25. The highest BCUT2D eigenvalue weighted by Crippen LogP contribution is 2.24. The molecule has 0 aliphatic rings. The number of hydrogen-bond donors (Lipinski definition) is 0. The first kappa shape index (κ1) is 13.2. The second-order valence-corrected chi connectivity index (χ2v) is 5.26. The Hall–Kier alpha value is -1.24. The average Bonchev–Trinajstić information content (AvgIpc) is 2.38. The molecular formula is C13H13FIN3. The molecule has 0 aliphatic carbocycles. The van der Waals surface area contributed by atoms with Crippen molar-refractivity contribution < 1.29 is 4.39 Å². The van der Waals surface area contributed by atoms with Crippen molar-refractivity contribution in [1.82, 2.24) is 9.97 Å². The highest BCUT2D eigenvalue weighted by Gasteiger charge is 2.17. The van der Waals surface area contributed by atoms with E-state index < -0.39 is 0 Å². The minimum atomic E-state index is -0.206. The number of halogens is 2. The number of rotatable bonds is 3. The van der Waals surface area contributed by atoms with Crippen molar-refractivity contribution in [3.8, 4) is 0 Å². The first-order valence-electron chi connectivity index (χ1n) is 5.54. The summed E-state index contributed by atoms with van der Waals surface area (Å²) in [6, 6.07) is 6.65. The summed E-state index contributed by atoms with van der Waals surface area (Å²) in [5.74, 6) is 0.383. The van der Waals surface area contributed by atoms with Gasteiger partial charge < -0.3 is 4.90 Å². The molecule has 0 radical (unpaired) electrons. The number of benzene rings is 1. The maximum atomic E-state index is 13.7. The summed E-state index contributed by atoms with van der Waals surface area (Å²) in [5.41, 5.74) is 0.641. The van der Waals surface area contributed by atoms with E-state index in [9.17, 15) is 4.39 Å². The van der Waals surface area contributed by atoms with Crippen LogP contribution in [0.3, 0.4) is 0 Å². The highest BCUT2D eigenvalue weighted by molar-refractivity contribution is 14.1. The van der Waals surface area contributed by atoms with Gasteiger partial charge in [0.05, 0.1) is 6.04 Å². The third kappa shape index (κ3) is 2.77. The summed E-state index contributed by atoms with van der Waals surface area (Å²) in [4.78, 5) is 10.3. The Morgan fingerprint density at radius 2 is 1.83 bits per heavy atom. The van der Waals surface area contributed by atoms with E-state index in [2.05, 4.69) is 32.6 Å². The van der Waals surface area contributed by atoms with Crippen molar-refractivity contribution in [3.05, 3.63) is 51.6 Å². The van der Waals surface area contributed by atoms with Gasteiger partial charge in [0.25, 0.3) is 0 Å². The molecule has 2 aromatic rings. The molecule has 1 atom stereocenters. The fraction of sp³-hybridized carbons (Fsp3) is 0.231. The topological polar surface area (TPSA) is 29.0 Å². The summed E-state index contributed by atoms with van der Waals surface area (Å²) in [5, 5.41) is 0. The molecule has 1 unspecified atom stereocenters. The van der Waals surface area contributed by atoms with Gasteiger partial charge in [0, 0.05) is 28.6 Å². The molecule has 2 rings (SSSR count). The average molecular weight is 357 g/mol. The Morgan fingerprint density at radius 3 is 2.44 bits per heavy atom. The van der Waals surface area contributed by atoms with Crippen LogP contribution < -0.4 is 4.90 Å². The number of aromatic nitrogens is 2. The van der Waals surface area contributed by atoms with E-state index >= 15 is 0 Å². The zero-order valence-corrected chi connectivity index (χ0v) is 12.3. The maximum Gasteiger partial charge on any atom is 0.225 e. The fourth-order valence-corrected chi connectivity index (χ4v) is 1.96. The van der Waals surface area contributed by atoms with Gasteiger partial charge in [-0.05, 0) is 35.6 Å². The summed E-state index contributed by atoms with van der Waals surface area (Å²) >= 11 is 2.15. The van der Waals surface area contributed by atoms with Gasteiger partial charge in [0.15, 0.2) is 0 Å². The van der Waals surface area contributed by atoms with E-state index in [1.165, 1.54) is 6.07 Å². The first-order chi connectivity index (χ1) is 8.59. The second kappa shape index (κ2) is 5.60. The van der Waals surface area contributed by atoms with Gasteiger partial charge in [-0.2, -0.15) is 0 Å². The van der Waals surface area contributed by atoms with Crippen LogP contribution in [0.5, 0.6) is 0 Å². The third-order valence-corrected chi connectivity index (χ3v) is 3.42. The predicted molar refractivity (Wildman–Crippen MR) is 78.0 cm³/mol.